The van der Waals surface area contributed by atoms with Gasteiger partial charge in [-0.2, -0.15) is 0 Å². The van der Waals surface area contributed by atoms with Crippen molar-refractivity contribution < 1.29 is 30.3 Å². The van der Waals surface area contributed by atoms with E-state index in [4.69, 9.17) is 10.5 Å². The van der Waals surface area contributed by atoms with Gasteiger partial charge in [0.2, 0.25) is 0 Å². The average molecular weight is 326 g/mol. The molecule has 0 aromatic carbocycles. The van der Waals surface area contributed by atoms with Crippen molar-refractivity contribution in [2.45, 2.75) is 37.3 Å². The molecule has 1 aliphatic heterocycles. The van der Waals surface area contributed by atoms with Gasteiger partial charge in [0.1, 0.15) is 35.6 Å². The molecule has 10 heteroatoms. The van der Waals surface area contributed by atoms with Gasteiger partial charge in [0.25, 0.3) is 0 Å². The van der Waals surface area contributed by atoms with Gasteiger partial charge >= 0.3 is 0 Å². The molecule has 0 spiro atoms. The molecule has 10 nitrogen and oxygen atoms in total. The Labute approximate surface area is 130 Å². The lowest BCUT2D eigenvalue weighted by Crippen LogP contribution is -2.44. The summed E-state index contributed by atoms with van der Waals surface area (Å²) in [6, 6.07) is 0. The number of aromatic nitrogens is 3. The number of nitrogen functional groups attached to an aromatic ring is 1. The summed E-state index contributed by atoms with van der Waals surface area (Å²) >= 11 is 0. The van der Waals surface area contributed by atoms with Gasteiger partial charge in [-0.3, -0.25) is 0 Å². The Morgan fingerprint density at radius 3 is 2.70 bits per heavy atom. The molecular formula is C13H18N4O6. The second-order valence-corrected chi connectivity index (χ2v) is 5.70. The minimum atomic E-state index is -1.84. The largest absolute Gasteiger partial charge is 0.394 e. The Kier molecular flexibility index (Phi) is 3.75. The Balaban J connectivity index is 2.19. The topological polar surface area (TPSA) is 167 Å². The van der Waals surface area contributed by atoms with Crippen molar-refractivity contribution in [3.05, 3.63) is 18.1 Å². The summed E-state index contributed by atoms with van der Waals surface area (Å²) < 4.78 is 6.85. The van der Waals surface area contributed by atoms with Crippen molar-refractivity contribution in [1.29, 1.82) is 0 Å². The second-order valence-electron chi connectivity index (χ2n) is 5.70. The van der Waals surface area contributed by atoms with Gasteiger partial charge in [0.05, 0.1) is 12.0 Å². The summed E-state index contributed by atoms with van der Waals surface area (Å²) in [5.41, 5.74) is 4.28. The molecule has 3 unspecified atom stereocenters. The molecule has 4 atom stereocenters. The van der Waals surface area contributed by atoms with Gasteiger partial charge < -0.3 is 40.6 Å². The van der Waals surface area contributed by atoms with Crippen LogP contribution in [0.5, 0.6) is 0 Å². The third-order valence-corrected chi connectivity index (χ3v) is 4.13. The molecule has 1 aliphatic rings. The Morgan fingerprint density at radius 2 is 2.13 bits per heavy atom. The monoisotopic (exact) mass is 326 g/mol. The fraction of sp³-hybridized carbons (Fsp3) is 0.538. The van der Waals surface area contributed by atoms with Crippen molar-refractivity contribution in [1.82, 2.24) is 14.5 Å². The molecule has 7 N–H and O–H groups in total. The molecule has 0 amide bonds. The minimum absolute atomic E-state index is 0.0359. The zero-order valence-electron chi connectivity index (χ0n) is 12.2. The predicted molar refractivity (Wildman–Crippen MR) is 76.7 cm³/mol. The van der Waals surface area contributed by atoms with Crippen LogP contribution in [-0.2, 0) is 4.74 Å². The van der Waals surface area contributed by atoms with Gasteiger partial charge in [-0.05, 0) is 6.92 Å². The standard InChI is InChI=1S/C13H18N4O6/c1-13(22)8(19)6(3-18)23-12(13)17-2-5(11(20)21)7-9(14)15-4-16-10(7)17/h2,4,6,8,11-12,18-22H,3H2,1H3,(H2,14,15,16)/t6?,8-,12?,13?/m1/s1. The molecule has 2 aromatic rings. The fourth-order valence-electron chi connectivity index (χ4n) is 2.90. The van der Waals surface area contributed by atoms with Gasteiger partial charge in [-0.25, -0.2) is 9.97 Å². The smallest absolute Gasteiger partial charge is 0.180 e. The molecular weight excluding hydrogens is 308 g/mol. The van der Waals surface area contributed by atoms with E-state index in [1.54, 1.807) is 0 Å². The Morgan fingerprint density at radius 1 is 1.43 bits per heavy atom. The summed E-state index contributed by atoms with van der Waals surface area (Å²) in [6.07, 6.45) is -2.78. The first kappa shape index (κ1) is 16.1. The van der Waals surface area contributed by atoms with E-state index >= 15 is 0 Å². The van der Waals surface area contributed by atoms with Crippen LogP contribution in [0.4, 0.5) is 5.82 Å². The zero-order valence-corrected chi connectivity index (χ0v) is 12.2. The zero-order chi connectivity index (χ0) is 16.9. The number of ether oxygens (including phenoxy) is 1. The molecule has 0 aliphatic carbocycles. The SMILES string of the molecule is CC1(O)C(n2cc(C(O)O)c3c(N)ncnc32)OC(CO)[C@H]1O. The van der Waals surface area contributed by atoms with Crippen LogP contribution in [0, 0.1) is 0 Å². The maximum atomic E-state index is 10.5. The summed E-state index contributed by atoms with van der Waals surface area (Å²) in [4.78, 5) is 7.86. The van der Waals surface area contributed by atoms with Crippen molar-refractivity contribution in [2.75, 3.05) is 12.3 Å². The van der Waals surface area contributed by atoms with E-state index in [-0.39, 0.29) is 22.4 Å². The van der Waals surface area contributed by atoms with Gasteiger partial charge in [-0.1, -0.05) is 0 Å². The minimum Gasteiger partial charge on any atom is -0.394 e. The lowest BCUT2D eigenvalue weighted by molar-refractivity contribution is -0.0954. The summed E-state index contributed by atoms with van der Waals surface area (Å²) in [5, 5.41) is 49.1. The van der Waals surface area contributed by atoms with Crippen LogP contribution in [0.15, 0.2) is 12.5 Å². The maximum Gasteiger partial charge on any atom is 0.180 e. The molecule has 2 aromatic heterocycles. The Bertz CT molecular complexity index is 731. The number of aliphatic hydroxyl groups is 5. The van der Waals surface area contributed by atoms with E-state index < -0.39 is 36.9 Å². The quantitative estimate of drug-likeness (QED) is 0.349. The molecule has 0 bridgehead atoms. The first-order chi connectivity index (χ1) is 10.8. The van der Waals surface area contributed by atoms with E-state index in [1.807, 2.05) is 0 Å². The normalized spacial score (nSPS) is 31.3. The third kappa shape index (κ3) is 2.27. The number of fused-ring (bicyclic) bond motifs is 1. The highest BCUT2D eigenvalue weighted by Gasteiger charge is 2.53. The van der Waals surface area contributed by atoms with Crippen LogP contribution in [0.2, 0.25) is 0 Å². The number of hydrogen-bond donors (Lipinski definition) is 6. The lowest BCUT2D eigenvalue weighted by Gasteiger charge is -2.27. The number of anilines is 1. The molecule has 0 radical (unpaired) electrons. The molecule has 1 fully saturated rings. The van der Waals surface area contributed by atoms with Crippen molar-refractivity contribution in [2.24, 2.45) is 0 Å². The summed E-state index contributed by atoms with van der Waals surface area (Å²) in [7, 11) is 0. The fourth-order valence-corrected chi connectivity index (χ4v) is 2.90. The van der Waals surface area contributed by atoms with E-state index in [0.717, 1.165) is 0 Å². The molecule has 1 saturated heterocycles. The second kappa shape index (κ2) is 5.37. The lowest BCUT2D eigenvalue weighted by atomic mass is 9.96. The van der Waals surface area contributed by atoms with Gasteiger partial charge in [0.15, 0.2) is 12.5 Å². The van der Waals surface area contributed by atoms with E-state index in [0.29, 0.717) is 0 Å². The van der Waals surface area contributed by atoms with Crippen LogP contribution in [0.1, 0.15) is 25.0 Å². The first-order valence-corrected chi connectivity index (χ1v) is 6.92. The van der Waals surface area contributed by atoms with Crippen molar-refractivity contribution >= 4 is 16.9 Å². The summed E-state index contributed by atoms with van der Waals surface area (Å²) in [5.74, 6) is 0.0359. The highest BCUT2D eigenvalue weighted by Crippen LogP contribution is 2.41. The van der Waals surface area contributed by atoms with Crippen LogP contribution < -0.4 is 5.73 Å². The molecule has 23 heavy (non-hydrogen) atoms. The average Bonchev–Trinajstić information content (AvgIpc) is 2.97. The van der Waals surface area contributed by atoms with E-state index in [2.05, 4.69) is 9.97 Å². The van der Waals surface area contributed by atoms with E-state index in [1.165, 1.54) is 24.0 Å². The molecule has 0 saturated carbocycles. The molecule has 3 heterocycles. The maximum absolute atomic E-state index is 10.5. The number of nitrogens with two attached hydrogens (primary N) is 1. The highest BCUT2D eigenvalue weighted by atomic mass is 16.6. The van der Waals surface area contributed by atoms with Crippen LogP contribution >= 0.6 is 0 Å². The van der Waals surface area contributed by atoms with E-state index in [9.17, 15) is 25.5 Å². The number of nitrogens with zero attached hydrogens (tertiary/aromatic N) is 3. The molecule has 3 rings (SSSR count). The van der Waals surface area contributed by atoms with Crippen molar-refractivity contribution in [3.8, 4) is 0 Å². The van der Waals surface area contributed by atoms with Crippen LogP contribution in [0.25, 0.3) is 11.0 Å². The molecule has 126 valence electrons. The predicted octanol–water partition coefficient (Wildman–Crippen LogP) is -2.00. The Hall–Kier alpha value is -1.82. The number of rotatable bonds is 3. The van der Waals surface area contributed by atoms with Gasteiger partial charge in [-0.15, -0.1) is 0 Å². The third-order valence-electron chi connectivity index (χ3n) is 4.13. The number of hydrogen-bond acceptors (Lipinski definition) is 9. The highest BCUT2D eigenvalue weighted by molar-refractivity contribution is 5.90. The van der Waals surface area contributed by atoms with Gasteiger partial charge in [0, 0.05) is 11.8 Å². The van der Waals surface area contributed by atoms with Crippen LogP contribution in [0.3, 0.4) is 0 Å². The summed E-state index contributed by atoms with van der Waals surface area (Å²) in [6.45, 7) is 0.864. The van der Waals surface area contributed by atoms with Crippen LogP contribution in [-0.4, -0.2) is 64.5 Å². The number of aliphatic hydroxyl groups excluding tert-OH is 3. The van der Waals surface area contributed by atoms with Crippen molar-refractivity contribution in [3.63, 3.8) is 0 Å². The first-order valence-electron chi connectivity index (χ1n) is 6.92.